The minimum Gasteiger partial charge on any atom is -0.373 e. The minimum atomic E-state index is -4.34. The van der Waals surface area contributed by atoms with Gasteiger partial charge in [-0.1, -0.05) is 0 Å². The maximum Gasteiger partial charge on any atom is 0.411 e. The number of hydrogen-bond donors (Lipinski definition) is 1. The summed E-state index contributed by atoms with van der Waals surface area (Å²) in [5.41, 5.74) is 0.286. The molecular weight excluding hydrogens is 247 g/mol. The maximum absolute atomic E-state index is 11.8. The summed E-state index contributed by atoms with van der Waals surface area (Å²) < 4.78 is 39.8. The summed E-state index contributed by atoms with van der Waals surface area (Å²) >= 11 is 5.56. The molecule has 0 aromatic carbocycles. The van der Waals surface area contributed by atoms with Crippen molar-refractivity contribution in [2.75, 3.05) is 19.0 Å². The molecule has 0 atom stereocenters. The lowest BCUT2D eigenvalue weighted by atomic mass is 10.4. The predicted molar refractivity (Wildman–Crippen MR) is 52.3 cm³/mol. The molecule has 0 saturated heterocycles. The molecule has 0 spiro atoms. The first-order chi connectivity index (χ1) is 7.40. The minimum absolute atomic E-state index is 0.0440. The third-order valence-corrected chi connectivity index (χ3v) is 1.69. The summed E-state index contributed by atoms with van der Waals surface area (Å²) in [6.07, 6.45) is -4.34. The Morgan fingerprint density at radius 1 is 1.44 bits per heavy atom. The van der Waals surface area contributed by atoms with Crippen LogP contribution >= 0.6 is 11.6 Å². The highest BCUT2D eigenvalue weighted by molar-refractivity contribution is 6.28. The first-order valence-corrected chi connectivity index (χ1v) is 4.64. The zero-order valence-electron chi connectivity index (χ0n) is 8.31. The van der Waals surface area contributed by atoms with Crippen molar-refractivity contribution in [3.63, 3.8) is 0 Å². The Kier molecular flexibility index (Phi) is 4.31. The summed E-state index contributed by atoms with van der Waals surface area (Å²) in [6, 6.07) is 1.46. The molecule has 1 N–H and O–H groups in total. The van der Waals surface area contributed by atoms with Crippen LogP contribution in [0, 0.1) is 0 Å². The Hall–Kier alpha value is -1.08. The van der Waals surface area contributed by atoms with Crippen molar-refractivity contribution < 1.29 is 17.9 Å². The molecule has 0 aliphatic rings. The first-order valence-electron chi connectivity index (χ1n) is 4.26. The third kappa shape index (κ3) is 4.63. The molecule has 1 rings (SSSR count). The van der Waals surface area contributed by atoms with E-state index in [4.69, 9.17) is 11.6 Å². The van der Waals surface area contributed by atoms with Gasteiger partial charge in [-0.25, -0.2) is 9.97 Å². The number of rotatable bonds is 4. The van der Waals surface area contributed by atoms with Crippen molar-refractivity contribution in [2.24, 2.45) is 0 Å². The number of nitrogens with one attached hydrogen (secondary N) is 1. The number of hydrogen-bond acceptors (Lipinski definition) is 4. The molecule has 0 amide bonds. The number of anilines is 1. The molecule has 1 heterocycles. The molecule has 0 unspecified atom stereocenters. The second-order valence-corrected chi connectivity index (χ2v) is 3.21. The van der Waals surface area contributed by atoms with E-state index in [0.717, 1.165) is 0 Å². The number of aromatic nitrogens is 2. The molecule has 90 valence electrons. The van der Waals surface area contributed by atoms with Crippen LogP contribution < -0.4 is 5.32 Å². The Morgan fingerprint density at radius 3 is 2.69 bits per heavy atom. The average Bonchev–Trinajstić information content (AvgIpc) is 2.14. The van der Waals surface area contributed by atoms with Crippen LogP contribution in [-0.2, 0) is 11.3 Å². The summed E-state index contributed by atoms with van der Waals surface area (Å²) in [5.74, 6) is 0.422. The lowest BCUT2D eigenvalue weighted by molar-refractivity contribution is -0.176. The molecule has 0 aliphatic carbocycles. The van der Waals surface area contributed by atoms with E-state index >= 15 is 0 Å². The van der Waals surface area contributed by atoms with Crippen LogP contribution in [0.3, 0.4) is 0 Å². The van der Waals surface area contributed by atoms with E-state index in [-0.39, 0.29) is 17.6 Å². The maximum atomic E-state index is 11.8. The number of alkyl halides is 3. The van der Waals surface area contributed by atoms with Gasteiger partial charge in [0.15, 0.2) is 0 Å². The van der Waals surface area contributed by atoms with Gasteiger partial charge in [-0.15, -0.1) is 0 Å². The monoisotopic (exact) mass is 255 g/mol. The Bertz CT molecular complexity index is 359. The fourth-order valence-corrected chi connectivity index (χ4v) is 1.14. The topological polar surface area (TPSA) is 47.0 Å². The highest BCUT2D eigenvalue weighted by Crippen LogP contribution is 2.16. The Morgan fingerprint density at radius 2 is 2.12 bits per heavy atom. The molecular formula is C8H9ClF3N3O. The molecule has 0 bridgehead atoms. The van der Waals surface area contributed by atoms with Crippen LogP contribution in [0.25, 0.3) is 0 Å². The zero-order chi connectivity index (χ0) is 12.2. The van der Waals surface area contributed by atoms with E-state index in [0.29, 0.717) is 5.82 Å². The fraction of sp³-hybridized carbons (Fsp3) is 0.500. The van der Waals surface area contributed by atoms with Crippen LogP contribution in [0.4, 0.5) is 19.0 Å². The number of ether oxygens (including phenoxy) is 1. The van der Waals surface area contributed by atoms with Gasteiger partial charge in [0, 0.05) is 13.1 Å². The number of halogens is 4. The van der Waals surface area contributed by atoms with Gasteiger partial charge in [0.1, 0.15) is 12.4 Å². The van der Waals surface area contributed by atoms with Crippen molar-refractivity contribution in [1.82, 2.24) is 9.97 Å². The van der Waals surface area contributed by atoms with Gasteiger partial charge in [-0.2, -0.15) is 13.2 Å². The van der Waals surface area contributed by atoms with E-state index in [2.05, 4.69) is 20.0 Å². The summed E-state index contributed by atoms with van der Waals surface area (Å²) in [6.45, 7) is -1.58. The van der Waals surface area contributed by atoms with Crippen LogP contribution in [0.5, 0.6) is 0 Å². The third-order valence-electron chi connectivity index (χ3n) is 1.52. The Balaban J connectivity index is 2.57. The van der Waals surface area contributed by atoms with Crippen LogP contribution in [-0.4, -0.2) is 29.8 Å². The van der Waals surface area contributed by atoms with E-state index in [1.54, 1.807) is 7.05 Å². The number of nitrogens with zero attached hydrogens (tertiary/aromatic N) is 2. The molecule has 0 saturated carbocycles. The molecule has 1 aromatic rings. The normalized spacial score (nSPS) is 11.6. The second kappa shape index (κ2) is 5.31. The van der Waals surface area contributed by atoms with E-state index < -0.39 is 12.8 Å². The average molecular weight is 256 g/mol. The summed E-state index contributed by atoms with van der Waals surface area (Å²) in [4.78, 5) is 7.50. The van der Waals surface area contributed by atoms with Gasteiger partial charge in [0.25, 0.3) is 0 Å². The first kappa shape index (κ1) is 13.0. The van der Waals surface area contributed by atoms with Gasteiger partial charge in [0.2, 0.25) is 5.28 Å². The van der Waals surface area contributed by atoms with Gasteiger partial charge in [-0.3, -0.25) is 0 Å². The van der Waals surface area contributed by atoms with E-state index in [9.17, 15) is 13.2 Å². The smallest absolute Gasteiger partial charge is 0.373 e. The molecule has 0 fully saturated rings. The Labute approximate surface area is 94.8 Å². The summed E-state index contributed by atoms with van der Waals surface area (Å²) in [5, 5.41) is 2.66. The highest BCUT2D eigenvalue weighted by atomic mass is 35.5. The quantitative estimate of drug-likeness (QED) is 0.839. The molecule has 0 aliphatic heterocycles. The van der Waals surface area contributed by atoms with Gasteiger partial charge in [-0.05, 0) is 11.6 Å². The van der Waals surface area contributed by atoms with Crippen LogP contribution in [0.2, 0.25) is 5.28 Å². The molecule has 0 radical (unpaired) electrons. The van der Waals surface area contributed by atoms with Crippen molar-refractivity contribution in [3.05, 3.63) is 17.0 Å². The lowest BCUT2D eigenvalue weighted by Gasteiger charge is -2.08. The molecule has 8 heteroatoms. The largest absolute Gasteiger partial charge is 0.411 e. The molecule has 1 aromatic heterocycles. The lowest BCUT2D eigenvalue weighted by Crippen LogP contribution is -2.17. The summed E-state index contributed by atoms with van der Waals surface area (Å²) in [7, 11) is 1.61. The predicted octanol–water partition coefficient (Wildman–Crippen LogP) is 2.25. The highest BCUT2D eigenvalue weighted by Gasteiger charge is 2.27. The van der Waals surface area contributed by atoms with E-state index in [1.165, 1.54) is 6.07 Å². The molecule has 16 heavy (non-hydrogen) atoms. The van der Waals surface area contributed by atoms with Gasteiger partial charge in [0.05, 0.1) is 12.3 Å². The van der Waals surface area contributed by atoms with Crippen molar-refractivity contribution in [2.45, 2.75) is 12.8 Å². The van der Waals surface area contributed by atoms with Crippen LogP contribution in [0.1, 0.15) is 5.69 Å². The van der Waals surface area contributed by atoms with Gasteiger partial charge >= 0.3 is 6.18 Å². The van der Waals surface area contributed by atoms with E-state index in [1.807, 2.05) is 0 Å². The SMILES string of the molecule is CNc1cc(COCC(F)(F)F)nc(Cl)n1. The van der Waals surface area contributed by atoms with Gasteiger partial charge < -0.3 is 10.1 Å². The fourth-order valence-electron chi connectivity index (χ4n) is 0.939. The zero-order valence-corrected chi connectivity index (χ0v) is 9.06. The second-order valence-electron chi connectivity index (χ2n) is 2.87. The van der Waals surface area contributed by atoms with Crippen molar-refractivity contribution >= 4 is 17.4 Å². The molecule has 4 nitrogen and oxygen atoms in total. The standard InChI is InChI=1S/C8H9ClF3N3O/c1-13-6-2-5(14-7(9)15-6)3-16-4-8(10,11)12/h2H,3-4H2,1H3,(H,13,14,15). The van der Waals surface area contributed by atoms with Crippen LogP contribution in [0.15, 0.2) is 6.07 Å². The van der Waals surface area contributed by atoms with Crippen molar-refractivity contribution in [3.8, 4) is 0 Å². The van der Waals surface area contributed by atoms with Crippen molar-refractivity contribution in [1.29, 1.82) is 0 Å².